The standard InChI is InChI=1S/C22H26N8/c1-25-16-4-6-17(7-5-16)29-22-19(21(24)27-14-28-22)20(23)15-2-8-18(9-3-15)30-12-10-26-11-13-30/h2-9,14,23,25-26H,10-13H2,1H3,(H3,24,27,28,29). The number of hydrogen-bond donors (Lipinski definition) is 5. The molecule has 3 aromatic rings. The van der Waals surface area contributed by atoms with Gasteiger partial charge in [-0.2, -0.15) is 0 Å². The number of nitrogens with one attached hydrogen (secondary N) is 4. The molecule has 30 heavy (non-hydrogen) atoms. The molecule has 8 heteroatoms. The van der Waals surface area contributed by atoms with Gasteiger partial charge in [-0.05, 0) is 36.4 Å². The first-order valence-electron chi connectivity index (χ1n) is 9.96. The molecule has 0 amide bonds. The minimum atomic E-state index is 0.274. The highest BCUT2D eigenvalue weighted by Crippen LogP contribution is 2.26. The predicted octanol–water partition coefficient (Wildman–Crippen LogP) is 2.67. The van der Waals surface area contributed by atoms with Gasteiger partial charge in [0.1, 0.15) is 18.0 Å². The summed E-state index contributed by atoms with van der Waals surface area (Å²) in [5, 5.41) is 18.5. The van der Waals surface area contributed by atoms with E-state index in [4.69, 9.17) is 11.1 Å². The second-order valence-electron chi connectivity index (χ2n) is 7.09. The van der Waals surface area contributed by atoms with E-state index in [1.807, 2.05) is 43.4 Å². The number of benzene rings is 2. The number of piperazine rings is 1. The van der Waals surface area contributed by atoms with Gasteiger partial charge in [0.15, 0.2) is 0 Å². The third-order valence-electron chi connectivity index (χ3n) is 5.20. The van der Waals surface area contributed by atoms with Gasteiger partial charge in [-0.1, -0.05) is 12.1 Å². The van der Waals surface area contributed by atoms with Crippen LogP contribution in [0.4, 0.5) is 28.7 Å². The van der Waals surface area contributed by atoms with Gasteiger partial charge in [-0.25, -0.2) is 9.97 Å². The normalized spacial score (nSPS) is 13.7. The number of rotatable bonds is 6. The van der Waals surface area contributed by atoms with E-state index in [1.54, 1.807) is 0 Å². The Balaban J connectivity index is 1.58. The van der Waals surface area contributed by atoms with Gasteiger partial charge >= 0.3 is 0 Å². The van der Waals surface area contributed by atoms with Crippen molar-refractivity contribution in [1.82, 2.24) is 15.3 Å². The maximum atomic E-state index is 8.76. The van der Waals surface area contributed by atoms with Crippen LogP contribution in [0.25, 0.3) is 0 Å². The average Bonchev–Trinajstić information content (AvgIpc) is 2.80. The lowest BCUT2D eigenvalue weighted by molar-refractivity contribution is 0.589. The largest absolute Gasteiger partial charge is 0.388 e. The van der Waals surface area contributed by atoms with Crippen LogP contribution >= 0.6 is 0 Å². The van der Waals surface area contributed by atoms with Crippen LogP contribution < -0.4 is 26.6 Å². The molecule has 0 bridgehead atoms. The second-order valence-corrected chi connectivity index (χ2v) is 7.09. The molecule has 2 aromatic carbocycles. The molecule has 0 aliphatic carbocycles. The molecule has 8 nitrogen and oxygen atoms in total. The molecule has 0 spiro atoms. The quantitative estimate of drug-likeness (QED) is 0.403. The fourth-order valence-corrected chi connectivity index (χ4v) is 3.50. The molecule has 0 unspecified atom stereocenters. The van der Waals surface area contributed by atoms with E-state index < -0.39 is 0 Å². The van der Waals surface area contributed by atoms with Crippen LogP contribution in [-0.2, 0) is 0 Å². The highest BCUT2D eigenvalue weighted by Gasteiger charge is 2.17. The maximum absolute atomic E-state index is 8.76. The molecule has 0 saturated carbocycles. The van der Waals surface area contributed by atoms with E-state index in [2.05, 4.69) is 43.0 Å². The van der Waals surface area contributed by atoms with Crippen LogP contribution in [0.15, 0.2) is 54.9 Å². The number of aromatic nitrogens is 2. The van der Waals surface area contributed by atoms with Crippen LogP contribution in [0.5, 0.6) is 0 Å². The minimum Gasteiger partial charge on any atom is -0.388 e. The van der Waals surface area contributed by atoms with Gasteiger partial charge in [0, 0.05) is 55.9 Å². The molecule has 0 radical (unpaired) electrons. The minimum absolute atomic E-state index is 0.274. The summed E-state index contributed by atoms with van der Waals surface area (Å²) >= 11 is 0. The molecule has 1 saturated heterocycles. The Kier molecular flexibility index (Phi) is 5.76. The number of nitrogens with two attached hydrogens (primary N) is 1. The van der Waals surface area contributed by atoms with Crippen molar-refractivity contribution in [2.24, 2.45) is 0 Å². The zero-order chi connectivity index (χ0) is 20.9. The van der Waals surface area contributed by atoms with Crippen LogP contribution in [0.2, 0.25) is 0 Å². The molecule has 2 heterocycles. The SMILES string of the molecule is CNc1ccc(Nc2ncnc(N)c2C(=N)c2ccc(N3CCNCC3)cc2)cc1. The Labute approximate surface area is 176 Å². The lowest BCUT2D eigenvalue weighted by atomic mass is 10.0. The van der Waals surface area contributed by atoms with E-state index in [9.17, 15) is 0 Å². The summed E-state index contributed by atoms with van der Waals surface area (Å²) in [6, 6.07) is 15.8. The molecule has 6 N–H and O–H groups in total. The summed E-state index contributed by atoms with van der Waals surface area (Å²) in [6.07, 6.45) is 1.41. The first-order valence-corrected chi connectivity index (χ1v) is 9.96. The van der Waals surface area contributed by atoms with Gasteiger partial charge in [-0.15, -0.1) is 0 Å². The molecule has 4 rings (SSSR count). The fraction of sp³-hybridized carbons (Fsp3) is 0.227. The van der Waals surface area contributed by atoms with Crippen molar-refractivity contribution in [3.63, 3.8) is 0 Å². The highest BCUT2D eigenvalue weighted by atomic mass is 15.2. The third kappa shape index (κ3) is 4.18. The Morgan fingerprint density at radius 1 is 1.00 bits per heavy atom. The van der Waals surface area contributed by atoms with Crippen molar-refractivity contribution in [1.29, 1.82) is 5.41 Å². The number of nitrogen functional groups attached to an aromatic ring is 1. The van der Waals surface area contributed by atoms with Crippen molar-refractivity contribution in [3.8, 4) is 0 Å². The van der Waals surface area contributed by atoms with Gasteiger partial charge in [0.25, 0.3) is 0 Å². The maximum Gasteiger partial charge on any atom is 0.145 e. The summed E-state index contributed by atoms with van der Waals surface area (Å²) in [4.78, 5) is 10.8. The van der Waals surface area contributed by atoms with Gasteiger partial charge in [0.05, 0.1) is 11.3 Å². The van der Waals surface area contributed by atoms with Crippen molar-refractivity contribution in [2.45, 2.75) is 0 Å². The summed E-state index contributed by atoms with van der Waals surface area (Å²) < 4.78 is 0. The van der Waals surface area contributed by atoms with Crippen LogP contribution in [0.1, 0.15) is 11.1 Å². The Morgan fingerprint density at radius 2 is 1.67 bits per heavy atom. The molecule has 154 valence electrons. The van der Waals surface area contributed by atoms with Gasteiger partial charge < -0.3 is 26.6 Å². The van der Waals surface area contributed by atoms with Crippen LogP contribution in [0, 0.1) is 5.41 Å². The van der Waals surface area contributed by atoms with Crippen molar-refractivity contribution in [3.05, 3.63) is 66.0 Å². The smallest absolute Gasteiger partial charge is 0.145 e. The lowest BCUT2D eigenvalue weighted by Crippen LogP contribution is -2.43. The van der Waals surface area contributed by atoms with E-state index in [0.717, 1.165) is 48.8 Å². The Bertz CT molecular complexity index is 1010. The molecule has 1 fully saturated rings. The first kappa shape index (κ1) is 19.7. The van der Waals surface area contributed by atoms with Crippen molar-refractivity contribution < 1.29 is 0 Å². The number of hydrogen-bond acceptors (Lipinski definition) is 8. The molecule has 1 aliphatic rings. The number of nitrogens with zero attached hydrogens (tertiary/aromatic N) is 3. The monoisotopic (exact) mass is 402 g/mol. The number of anilines is 5. The highest BCUT2D eigenvalue weighted by molar-refractivity contribution is 6.16. The third-order valence-corrected chi connectivity index (χ3v) is 5.20. The zero-order valence-electron chi connectivity index (χ0n) is 16.9. The Hall–Kier alpha value is -3.65. The molecular weight excluding hydrogens is 376 g/mol. The van der Waals surface area contributed by atoms with E-state index in [-0.39, 0.29) is 11.5 Å². The summed E-state index contributed by atoms with van der Waals surface area (Å²) in [7, 11) is 1.88. The van der Waals surface area contributed by atoms with Crippen LogP contribution in [-0.4, -0.2) is 48.9 Å². The molecule has 1 aromatic heterocycles. The molecular formula is C22H26N8. The summed E-state index contributed by atoms with van der Waals surface area (Å²) in [6.45, 7) is 3.94. The lowest BCUT2D eigenvalue weighted by Gasteiger charge is -2.29. The van der Waals surface area contributed by atoms with Gasteiger partial charge in [0.2, 0.25) is 0 Å². The summed E-state index contributed by atoms with van der Waals surface area (Å²) in [5.74, 6) is 0.784. The van der Waals surface area contributed by atoms with Gasteiger partial charge in [-0.3, -0.25) is 5.41 Å². The molecule has 1 aliphatic heterocycles. The zero-order valence-corrected chi connectivity index (χ0v) is 16.9. The van der Waals surface area contributed by atoms with Crippen molar-refractivity contribution >= 4 is 34.4 Å². The predicted molar refractivity (Wildman–Crippen MR) is 123 cm³/mol. The van der Waals surface area contributed by atoms with E-state index in [0.29, 0.717) is 11.4 Å². The van der Waals surface area contributed by atoms with E-state index >= 15 is 0 Å². The Morgan fingerprint density at radius 3 is 2.33 bits per heavy atom. The molecule has 0 atom stereocenters. The first-order chi connectivity index (χ1) is 14.7. The fourth-order valence-electron chi connectivity index (χ4n) is 3.50. The van der Waals surface area contributed by atoms with E-state index in [1.165, 1.54) is 6.33 Å². The van der Waals surface area contributed by atoms with Crippen LogP contribution in [0.3, 0.4) is 0 Å². The van der Waals surface area contributed by atoms with Crippen molar-refractivity contribution in [2.75, 3.05) is 54.5 Å². The topological polar surface area (TPSA) is 115 Å². The summed E-state index contributed by atoms with van der Waals surface area (Å²) in [5.41, 5.74) is 10.7. The second kappa shape index (κ2) is 8.79. The average molecular weight is 403 g/mol.